The molecule has 0 bridgehead atoms. The van der Waals surface area contributed by atoms with Crippen LogP contribution in [0.4, 0.5) is 4.39 Å². The first kappa shape index (κ1) is 2.45. The van der Waals surface area contributed by atoms with E-state index in [0.29, 0.717) is 0 Å². The zero-order valence-corrected chi connectivity index (χ0v) is 4.05. The summed E-state index contributed by atoms with van der Waals surface area (Å²) in [4.78, 5) is 1.67. The maximum atomic E-state index is 11.0. The van der Waals surface area contributed by atoms with E-state index < -0.39 is 0 Å². The van der Waals surface area contributed by atoms with Gasteiger partial charge in [0.2, 0.25) is 0 Å². The predicted molar refractivity (Wildman–Crippen MR) is 17.9 cm³/mol. The molecule has 0 aromatic carbocycles. The molecule has 0 aromatic heterocycles. The van der Waals surface area contributed by atoms with Crippen LogP contribution in [0.25, 0.3) is 0 Å². The summed E-state index contributed by atoms with van der Waals surface area (Å²) in [5, 5.41) is 0. The van der Waals surface area contributed by atoms with Crippen molar-refractivity contribution in [3.05, 3.63) is 0 Å². The van der Waals surface area contributed by atoms with Crippen LogP contribution in [0.15, 0.2) is 0 Å². The van der Waals surface area contributed by atoms with Crippen LogP contribution >= 0.6 is 0 Å². The Morgan fingerprint density at radius 3 is 2.25 bits per heavy atom. The second-order valence-electron chi connectivity index (χ2n) is 0.637. The van der Waals surface area contributed by atoms with Crippen LogP contribution in [0, 0.1) is 0 Å². The summed E-state index contributed by atoms with van der Waals surface area (Å²) in [6.45, 7) is 0. The van der Waals surface area contributed by atoms with Crippen molar-refractivity contribution in [3.63, 3.8) is 0 Å². The van der Waals surface area contributed by atoms with Gasteiger partial charge in [-0.15, -0.1) is 0 Å². The van der Waals surface area contributed by atoms with E-state index in [1.165, 1.54) is 0 Å². The molecule has 0 amide bonds. The summed E-state index contributed by atoms with van der Waals surface area (Å²) < 4.78 is 11.2. The maximum absolute atomic E-state index is 11.0. The van der Waals surface area contributed by atoms with Crippen LogP contribution < -0.4 is 0 Å². The van der Waals surface area contributed by atoms with Crippen LogP contribution in [0.5, 0.6) is 0 Å². The van der Waals surface area contributed by atoms with Gasteiger partial charge in [0.25, 0.3) is 0 Å². The van der Waals surface area contributed by atoms with E-state index >= 15 is 0 Å². The first-order valence-corrected chi connectivity index (χ1v) is 3.28. The quantitative estimate of drug-likeness (QED) is 0.378. The molecule has 0 N–H and O–H groups in total. The minimum atomic E-state index is -0.194. The van der Waals surface area contributed by atoms with Crippen molar-refractivity contribution >= 4 is 24.0 Å². The summed E-state index contributed by atoms with van der Waals surface area (Å²) >= 11 is -0.194. The monoisotopic (exact) mass is 118 g/mol. The van der Waals surface area contributed by atoms with Gasteiger partial charge in [-0.3, -0.25) is 0 Å². The van der Waals surface area contributed by atoms with E-state index in [4.69, 9.17) is 0 Å². The molecule has 0 aliphatic carbocycles. The van der Waals surface area contributed by atoms with E-state index in [1.807, 2.05) is 0 Å². The van der Waals surface area contributed by atoms with Crippen molar-refractivity contribution < 1.29 is 4.39 Å². The van der Waals surface area contributed by atoms with Crippen molar-refractivity contribution in [2.45, 2.75) is 0 Å². The summed E-state index contributed by atoms with van der Waals surface area (Å²) in [7, 11) is 0. The molecule has 0 spiro atoms. The molecular weight excluding hydrogens is 116 g/mol. The summed E-state index contributed by atoms with van der Waals surface area (Å²) in [6.07, 6.45) is 0. The topological polar surface area (TPSA) is 0 Å². The average molecular weight is 117 g/mol. The van der Waals surface area contributed by atoms with Gasteiger partial charge in [0, 0.05) is 0 Å². The molecule has 0 aromatic rings. The number of halogens is 1. The van der Waals surface area contributed by atoms with Crippen LogP contribution in [0.3, 0.4) is 0 Å². The van der Waals surface area contributed by atoms with Crippen LogP contribution in [-0.4, -0.2) is 24.0 Å². The molecule has 0 nitrogen and oxygen atoms in total. The zero-order chi connectivity index (χ0) is 2.99. The van der Waals surface area contributed by atoms with Gasteiger partial charge in [0.05, 0.1) is 0 Å². The fourth-order valence-electron chi connectivity index (χ4n) is 0.0273. The van der Waals surface area contributed by atoms with Crippen molar-refractivity contribution in [2.24, 2.45) is 0 Å². The molecule has 1 heterocycles. The third-order valence-electron chi connectivity index (χ3n) is 0.253. The Morgan fingerprint density at radius 1 is 2.00 bits per heavy atom. The van der Waals surface area contributed by atoms with E-state index in [2.05, 4.69) is 0 Å². The number of hydrogen-bond acceptors (Lipinski definition) is 0. The van der Waals surface area contributed by atoms with Crippen molar-refractivity contribution in [2.75, 3.05) is 0 Å². The van der Waals surface area contributed by atoms with Crippen molar-refractivity contribution in [1.29, 1.82) is 0 Å². The van der Waals surface area contributed by atoms with Gasteiger partial charge in [-0.1, -0.05) is 0 Å². The molecule has 0 unspecified atom stereocenters. The van der Waals surface area contributed by atoms with E-state index in [9.17, 15) is 4.39 Å². The number of rotatable bonds is 0. The minimum absolute atomic E-state index is 0.167. The summed E-state index contributed by atoms with van der Waals surface area (Å²) in [5.41, 5.74) is 0. The van der Waals surface area contributed by atoms with Gasteiger partial charge in [0.15, 0.2) is 0 Å². The summed E-state index contributed by atoms with van der Waals surface area (Å²) in [6, 6.07) is 0. The molecule has 1 rings (SSSR count). The molecular formula is C2HFGe. The first-order valence-electron chi connectivity index (χ1n) is 1.02. The Kier molecular flexibility index (Phi) is 0.355. The second kappa shape index (κ2) is 0.579. The van der Waals surface area contributed by atoms with Gasteiger partial charge in [-0.2, -0.15) is 0 Å². The Bertz CT molecular complexity index is 88.2. The van der Waals surface area contributed by atoms with E-state index in [1.54, 1.807) is 4.85 Å². The molecule has 4 heavy (non-hydrogen) atoms. The van der Waals surface area contributed by atoms with Crippen molar-refractivity contribution in [3.8, 4) is 0 Å². The molecule has 0 radical (unpaired) electrons. The molecule has 1 aliphatic heterocycles. The molecule has 2 heteroatoms. The Balaban J connectivity index is 2.75. The SMILES string of the molecule is F[C]1=[Ge]=[CH]1. The third-order valence-corrected chi connectivity index (χ3v) is 1.32. The van der Waals surface area contributed by atoms with Crippen LogP contribution in [0.2, 0.25) is 0 Å². The molecule has 0 saturated heterocycles. The van der Waals surface area contributed by atoms with Gasteiger partial charge < -0.3 is 0 Å². The van der Waals surface area contributed by atoms with Gasteiger partial charge in [-0.05, 0) is 0 Å². The van der Waals surface area contributed by atoms with Gasteiger partial charge >= 0.3 is 28.4 Å². The fraction of sp³-hybridized carbons (Fsp3) is 0. The Hall–Kier alpha value is 0.213. The van der Waals surface area contributed by atoms with Crippen LogP contribution in [0.1, 0.15) is 0 Å². The molecule has 0 fully saturated rings. The zero-order valence-electron chi connectivity index (χ0n) is 1.96. The molecule has 0 saturated carbocycles. The molecule has 20 valence electrons. The second-order valence-corrected chi connectivity index (χ2v) is 2.85. The fourth-order valence-corrected chi connectivity index (χ4v) is 0.142. The van der Waals surface area contributed by atoms with E-state index in [0.717, 1.165) is 0 Å². The standard InChI is InChI=1S/C2HFGe/c3-2-1-4-2/h1H. The molecule has 1 aliphatic rings. The van der Waals surface area contributed by atoms with Gasteiger partial charge in [-0.25, -0.2) is 0 Å². The Labute approximate surface area is 29.2 Å². The molecule has 0 atom stereocenters. The van der Waals surface area contributed by atoms with Crippen LogP contribution in [-0.2, 0) is 0 Å². The summed E-state index contributed by atoms with van der Waals surface area (Å²) in [5.74, 6) is 0. The third kappa shape index (κ3) is 0.315. The predicted octanol–water partition coefficient (Wildman–Crippen LogP) is -0.394. The average Bonchev–Trinajstić information content (AvgIpc) is 1.75. The Morgan fingerprint density at radius 2 is 2.25 bits per heavy atom. The first-order chi connectivity index (χ1) is 1.89. The van der Waals surface area contributed by atoms with E-state index in [-0.39, 0.29) is 19.2 Å². The van der Waals surface area contributed by atoms with Crippen molar-refractivity contribution in [1.82, 2.24) is 0 Å². The van der Waals surface area contributed by atoms with Gasteiger partial charge in [0.1, 0.15) is 0 Å². The normalized spacial score (nSPS) is 15.8. The number of hydrogen-bond donors (Lipinski definition) is 0.